The monoisotopic (exact) mass is 458 g/mol. The molecule has 4 rings (SSSR count). The molecule has 1 aliphatic rings. The Balaban J connectivity index is 1.85. The van der Waals surface area contributed by atoms with E-state index in [-0.39, 0.29) is 23.4 Å². The van der Waals surface area contributed by atoms with Gasteiger partial charge in [-0.15, -0.1) is 0 Å². The molecule has 2 aromatic carbocycles. The van der Waals surface area contributed by atoms with Gasteiger partial charge in [-0.3, -0.25) is 14.6 Å². The topological polar surface area (TPSA) is 79.7 Å². The standard InChI is InChI=1S/C27H23FN2O4/c1-3-14-34-19-8-9-20(17(2)15-19)25(31)23-24(21-6-4-5-7-22(21)28)30(27(33)26(23)32)16-18-10-12-29-13-11-18/h3-13,15,24,31H,1,14,16H2,2H3/b25-23-. The van der Waals surface area contributed by atoms with Gasteiger partial charge >= 0.3 is 0 Å². The normalized spacial score (nSPS) is 17.1. The van der Waals surface area contributed by atoms with Crippen molar-refractivity contribution in [2.24, 2.45) is 0 Å². The molecule has 34 heavy (non-hydrogen) atoms. The van der Waals surface area contributed by atoms with Gasteiger partial charge in [-0.05, 0) is 54.4 Å². The summed E-state index contributed by atoms with van der Waals surface area (Å²) < 4.78 is 20.4. The lowest BCUT2D eigenvalue weighted by atomic mass is 9.93. The van der Waals surface area contributed by atoms with Crippen LogP contribution in [0.5, 0.6) is 5.75 Å². The highest BCUT2D eigenvalue weighted by Crippen LogP contribution is 2.41. The minimum atomic E-state index is -1.09. The van der Waals surface area contributed by atoms with Gasteiger partial charge in [-0.1, -0.05) is 30.9 Å². The predicted molar refractivity (Wildman–Crippen MR) is 125 cm³/mol. The molecule has 1 unspecified atom stereocenters. The Kier molecular flexibility index (Phi) is 6.54. The van der Waals surface area contributed by atoms with Crippen molar-refractivity contribution in [2.45, 2.75) is 19.5 Å². The third-order valence-electron chi connectivity index (χ3n) is 5.66. The van der Waals surface area contributed by atoms with Gasteiger partial charge in [0.25, 0.3) is 11.7 Å². The summed E-state index contributed by atoms with van der Waals surface area (Å²) in [6.45, 7) is 5.73. The molecule has 1 aliphatic heterocycles. The fourth-order valence-electron chi connectivity index (χ4n) is 4.04. The van der Waals surface area contributed by atoms with Crippen LogP contribution in [0.1, 0.15) is 28.3 Å². The Hall–Kier alpha value is -4.26. The number of aliphatic hydroxyl groups is 1. The van der Waals surface area contributed by atoms with E-state index in [4.69, 9.17) is 4.74 Å². The number of amides is 1. The number of benzene rings is 2. The molecular formula is C27H23FN2O4. The number of ether oxygens (including phenoxy) is 1. The lowest BCUT2D eigenvalue weighted by molar-refractivity contribution is -0.140. The van der Waals surface area contributed by atoms with Crippen LogP contribution in [0.3, 0.4) is 0 Å². The van der Waals surface area contributed by atoms with E-state index in [1.54, 1.807) is 61.8 Å². The number of halogens is 1. The summed E-state index contributed by atoms with van der Waals surface area (Å²) >= 11 is 0. The van der Waals surface area contributed by atoms with Crippen molar-refractivity contribution in [3.05, 3.63) is 113 Å². The predicted octanol–water partition coefficient (Wildman–Crippen LogP) is 4.72. The first kappa shape index (κ1) is 22.9. The van der Waals surface area contributed by atoms with Crippen LogP contribution >= 0.6 is 0 Å². The van der Waals surface area contributed by atoms with Crippen LogP contribution in [0.4, 0.5) is 4.39 Å². The molecule has 0 aliphatic carbocycles. The first-order valence-corrected chi connectivity index (χ1v) is 10.7. The number of Topliss-reactive ketones (excluding diaryl/α,β-unsaturated/α-hetero) is 1. The smallest absolute Gasteiger partial charge is 0.295 e. The molecular weight excluding hydrogens is 435 g/mol. The Labute approximate surface area is 196 Å². The van der Waals surface area contributed by atoms with E-state index in [0.29, 0.717) is 23.5 Å². The van der Waals surface area contributed by atoms with Crippen LogP contribution in [0.2, 0.25) is 0 Å². The number of carbonyl (C=O) groups is 2. The Morgan fingerprint density at radius 1 is 1.18 bits per heavy atom. The second kappa shape index (κ2) is 9.70. The average Bonchev–Trinajstić information content (AvgIpc) is 3.08. The van der Waals surface area contributed by atoms with Gasteiger partial charge in [0.15, 0.2) is 0 Å². The van der Waals surface area contributed by atoms with Crippen molar-refractivity contribution in [1.29, 1.82) is 0 Å². The van der Waals surface area contributed by atoms with E-state index in [1.165, 1.54) is 23.1 Å². The fourth-order valence-corrected chi connectivity index (χ4v) is 4.04. The Morgan fingerprint density at radius 2 is 1.91 bits per heavy atom. The minimum absolute atomic E-state index is 0.0518. The summed E-state index contributed by atoms with van der Waals surface area (Å²) in [5.74, 6) is -2.05. The molecule has 0 spiro atoms. The first-order valence-electron chi connectivity index (χ1n) is 10.7. The van der Waals surface area contributed by atoms with E-state index < -0.39 is 23.5 Å². The van der Waals surface area contributed by atoms with E-state index in [9.17, 15) is 19.1 Å². The van der Waals surface area contributed by atoms with Crippen LogP contribution in [0, 0.1) is 12.7 Å². The van der Waals surface area contributed by atoms with Crippen LogP contribution in [0.25, 0.3) is 5.76 Å². The highest BCUT2D eigenvalue weighted by atomic mass is 19.1. The summed E-state index contributed by atoms with van der Waals surface area (Å²) in [4.78, 5) is 31.5. The zero-order chi connectivity index (χ0) is 24.2. The van der Waals surface area contributed by atoms with Crippen LogP contribution in [0.15, 0.2) is 85.2 Å². The third kappa shape index (κ3) is 4.32. The van der Waals surface area contributed by atoms with Gasteiger partial charge in [-0.25, -0.2) is 4.39 Å². The molecule has 0 radical (unpaired) electrons. The number of ketones is 1. The molecule has 1 fully saturated rings. The molecule has 1 aromatic heterocycles. The maximum absolute atomic E-state index is 14.9. The van der Waals surface area contributed by atoms with Crippen molar-refractivity contribution in [3.63, 3.8) is 0 Å². The number of hydrogen-bond acceptors (Lipinski definition) is 5. The van der Waals surface area contributed by atoms with Crippen molar-refractivity contribution in [3.8, 4) is 5.75 Å². The zero-order valence-corrected chi connectivity index (χ0v) is 18.6. The van der Waals surface area contributed by atoms with E-state index in [0.717, 1.165) is 5.56 Å². The first-order chi connectivity index (χ1) is 16.4. The summed E-state index contributed by atoms with van der Waals surface area (Å²) in [5, 5.41) is 11.3. The summed E-state index contributed by atoms with van der Waals surface area (Å²) in [6.07, 6.45) is 4.76. The van der Waals surface area contributed by atoms with Gasteiger partial charge in [0.2, 0.25) is 0 Å². The number of pyridine rings is 1. The van der Waals surface area contributed by atoms with Gasteiger partial charge in [0.05, 0.1) is 11.6 Å². The number of carbonyl (C=O) groups excluding carboxylic acids is 2. The highest BCUT2D eigenvalue weighted by Gasteiger charge is 2.47. The number of aryl methyl sites for hydroxylation is 1. The lowest BCUT2D eigenvalue weighted by Crippen LogP contribution is -2.29. The molecule has 1 saturated heterocycles. The van der Waals surface area contributed by atoms with Gasteiger partial charge in [0, 0.05) is 30.1 Å². The summed E-state index contributed by atoms with van der Waals surface area (Å²) in [7, 11) is 0. The number of likely N-dealkylation sites (tertiary alicyclic amines) is 1. The SMILES string of the molecule is C=CCOc1ccc(/C(O)=C2/C(=O)C(=O)N(Cc3ccncc3)C2c2ccccc2F)c(C)c1. The maximum Gasteiger partial charge on any atom is 0.295 e. The number of aliphatic hydroxyl groups excluding tert-OH is 1. The maximum atomic E-state index is 14.9. The second-order valence-corrected chi connectivity index (χ2v) is 7.88. The van der Waals surface area contributed by atoms with Crippen LogP contribution < -0.4 is 4.74 Å². The van der Waals surface area contributed by atoms with E-state index >= 15 is 0 Å². The van der Waals surface area contributed by atoms with Crippen molar-refractivity contribution in [2.75, 3.05) is 6.61 Å². The molecule has 7 heteroatoms. The summed E-state index contributed by atoms with van der Waals surface area (Å²) in [5.41, 5.74) is 1.67. The molecule has 0 bridgehead atoms. The molecule has 2 heterocycles. The van der Waals surface area contributed by atoms with E-state index in [2.05, 4.69) is 11.6 Å². The molecule has 172 valence electrons. The molecule has 1 atom stereocenters. The van der Waals surface area contributed by atoms with Crippen molar-refractivity contribution in [1.82, 2.24) is 9.88 Å². The number of rotatable bonds is 7. The molecule has 1 amide bonds. The quantitative estimate of drug-likeness (QED) is 0.240. The third-order valence-corrected chi connectivity index (χ3v) is 5.66. The molecule has 1 N–H and O–H groups in total. The summed E-state index contributed by atoms with van der Waals surface area (Å²) in [6, 6.07) is 13.2. The van der Waals surface area contributed by atoms with Gasteiger partial charge in [0.1, 0.15) is 23.9 Å². The molecule has 6 nitrogen and oxygen atoms in total. The fraction of sp³-hybridized carbons (Fsp3) is 0.148. The van der Waals surface area contributed by atoms with E-state index in [1.807, 2.05) is 0 Å². The molecule has 3 aromatic rings. The number of hydrogen-bond donors (Lipinski definition) is 1. The Bertz CT molecular complexity index is 1290. The Morgan fingerprint density at radius 3 is 2.59 bits per heavy atom. The van der Waals surface area contributed by atoms with Crippen molar-refractivity contribution >= 4 is 17.4 Å². The highest BCUT2D eigenvalue weighted by molar-refractivity contribution is 6.46. The zero-order valence-electron chi connectivity index (χ0n) is 18.6. The van der Waals surface area contributed by atoms with Crippen LogP contribution in [-0.2, 0) is 16.1 Å². The largest absolute Gasteiger partial charge is 0.507 e. The van der Waals surface area contributed by atoms with Crippen molar-refractivity contribution < 1.29 is 23.8 Å². The number of aromatic nitrogens is 1. The average molecular weight is 458 g/mol. The minimum Gasteiger partial charge on any atom is -0.507 e. The van der Waals surface area contributed by atoms with Gasteiger partial charge < -0.3 is 14.7 Å². The van der Waals surface area contributed by atoms with Crippen LogP contribution in [-0.4, -0.2) is 33.3 Å². The number of nitrogens with zero attached hydrogens (tertiary/aromatic N) is 2. The van der Waals surface area contributed by atoms with Gasteiger partial charge in [-0.2, -0.15) is 0 Å². The lowest BCUT2D eigenvalue weighted by Gasteiger charge is -2.26. The molecule has 0 saturated carbocycles. The second-order valence-electron chi connectivity index (χ2n) is 7.88.